The molecule has 4 rings (SSSR count). The molecule has 2 heterocycles. The lowest BCUT2D eigenvalue weighted by Crippen LogP contribution is -2.50. The number of benzene rings is 2. The molecule has 122 valence electrons. The first-order chi connectivity index (χ1) is 11.4. The fourth-order valence-corrected chi connectivity index (χ4v) is 5.33. The maximum atomic E-state index is 11.0. The van der Waals surface area contributed by atoms with Crippen molar-refractivity contribution in [3.05, 3.63) is 69.8 Å². The summed E-state index contributed by atoms with van der Waals surface area (Å²) in [6.45, 7) is 4.53. The quantitative estimate of drug-likeness (QED) is 0.551. The lowest BCUT2D eigenvalue weighted by molar-refractivity contribution is -0.384. The molecule has 0 amide bonds. The molecule has 0 fully saturated rings. The summed E-state index contributed by atoms with van der Waals surface area (Å²) in [6, 6.07) is 13.6. The van der Waals surface area contributed by atoms with Crippen molar-refractivity contribution >= 4 is 29.2 Å². The van der Waals surface area contributed by atoms with Crippen molar-refractivity contribution in [2.24, 2.45) is 0 Å². The van der Waals surface area contributed by atoms with Crippen LogP contribution in [0.3, 0.4) is 0 Å². The number of fused-ring (bicyclic) bond motifs is 2. The van der Waals surface area contributed by atoms with Crippen molar-refractivity contribution in [1.82, 2.24) is 0 Å². The van der Waals surface area contributed by atoms with E-state index in [0.717, 1.165) is 10.5 Å². The van der Waals surface area contributed by atoms with Gasteiger partial charge in [0.15, 0.2) is 0 Å². The number of hydrogen-bond acceptors (Lipinski definition) is 4. The van der Waals surface area contributed by atoms with Gasteiger partial charge in [-0.1, -0.05) is 49.9 Å². The van der Waals surface area contributed by atoms with Crippen LogP contribution in [-0.2, 0) is 5.41 Å². The average Bonchev–Trinajstić information content (AvgIpc) is 2.74. The van der Waals surface area contributed by atoms with E-state index in [9.17, 15) is 10.1 Å². The minimum absolute atomic E-state index is 0.0844. The van der Waals surface area contributed by atoms with E-state index in [-0.39, 0.29) is 20.9 Å². The van der Waals surface area contributed by atoms with Crippen LogP contribution in [0.1, 0.15) is 25.0 Å². The highest BCUT2D eigenvalue weighted by Crippen LogP contribution is 2.60. The lowest BCUT2D eigenvalue weighted by Gasteiger charge is -2.45. The summed E-state index contributed by atoms with van der Waals surface area (Å²) in [7, 11) is 2.13. The molecule has 24 heavy (non-hydrogen) atoms. The van der Waals surface area contributed by atoms with Crippen LogP contribution in [0.25, 0.3) is 6.08 Å². The maximum absolute atomic E-state index is 11.0. The maximum Gasteiger partial charge on any atom is 0.270 e. The number of anilines is 1. The van der Waals surface area contributed by atoms with Crippen LogP contribution >= 0.6 is 11.8 Å². The minimum atomic E-state index is -0.343. The van der Waals surface area contributed by atoms with Gasteiger partial charge in [-0.15, -0.1) is 0 Å². The molecular weight excluding hydrogens is 320 g/mol. The van der Waals surface area contributed by atoms with Gasteiger partial charge < -0.3 is 4.90 Å². The van der Waals surface area contributed by atoms with Crippen molar-refractivity contribution in [2.75, 3.05) is 11.9 Å². The molecule has 2 aliphatic rings. The standard InChI is InChI=1S/C19H18N2O2S/c1-18(2)15-6-4-5-7-16(15)20(3)19(18)11-10-13-12-14(21(22)23)8-9-17(13)24-19/h4-12H,1-3H3. The Kier molecular flexibility index (Phi) is 3.09. The Morgan fingerprint density at radius 3 is 2.62 bits per heavy atom. The molecule has 1 spiro atoms. The number of likely N-dealkylation sites (N-methyl/N-ethyl adjacent to an activating group) is 1. The molecule has 1 atom stereocenters. The Morgan fingerprint density at radius 1 is 1.17 bits per heavy atom. The highest BCUT2D eigenvalue weighted by molar-refractivity contribution is 8.01. The third-order valence-corrected chi connectivity index (χ3v) is 7.11. The predicted molar refractivity (Wildman–Crippen MR) is 98.6 cm³/mol. The molecule has 2 aliphatic heterocycles. The molecule has 0 N–H and O–H groups in total. The summed E-state index contributed by atoms with van der Waals surface area (Å²) in [6.07, 6.45) is 4.23. The average molecular weight is 338 g/mol. The molecule has 0 aliphatic carbocycles. The van der Waals surface area contributed by atoms with Crippen LogP contribution in [0.15, 0.2) is 53.4 Å². The fourth-order valence-electron chi connectivity index (χ4n) is 3.88. The van der Waals surface area contributed by atoms with Crippen LogP contribution < -0.4 is 4.90 Å². The van der Waals surface area contributed by atoms with Crippen molar-refractivity contribution < 1.29 is 4.92 Å². The van der Waals surface area contributed by atoms with Gasteiger partial charge in [-0.25, -0.2) is 0 Å². The fraction of sp³-hybridized carbons (Fsp3) is 0.263. The predicted octanol–water partition coefficient (Wildman–Crippen LogP) is 4.84. The molecule has 0 bridgehead atoms. The number of nitro groups is 1. The van der Waals surface area contributed by atoms with Gasteiger partial charge in [-0.05, 0) is 29.3 Å². The third kappa shape index (κ3) is 1.82. The van der Waals surface area contributed by atoms with Crippen molar-refractivity contribution in [3.8, 4) is 0 Å². The zero-order valence-electron chi connectivity index (χ0n) is 13.8. The number of nitro benzene ring substituents is 1. The SMILES string of the molecule is CN1c2ccccc2C(C)(C)C12C=Cc1cc([N+](=O)[O-])ccc1S2. The van der Waals surface area contributed by atoms with E-state index in [2.05, 4.69) is 56.1 Å². The van der Waals surface area contributed by atoms with Gasteiger partial charge in [0, 0.05) is 35.2 Å². The van der Waals surface area contributed by atoms with Crippen molar-refractivity contribution in [3.63, 3.8) is 0 Å². The molecule has 1 unspecified atom stereocenters. The first-order valence-electron chi connectivity index (χ1n) is 7.87. The molecular formula is C19H18N2O2S. The number of nitrogens with zero attached hydrogens (tertiary/aromatic N) is 2. The van der Waals surface area contributed by atoms with Gasteiger partial charge in [-0.2, -0.15) is 0 Å². The molecule has 0 saturated carbocycles. The van der Waals surface area contributed by atoms with E-state index in [4.69, 9.17) is 0 Å². The normalized spacial score (nSPS) is 23.2. The Balaban J connectivity index is 1.84. The van der Waals surface area contributed by atoms with E-state index >= 15 is 0 Å². The third-order valence-electron chi connectivity index (χ3n) is 5.29. The molecule has 2 aromatic carbocycles. The lowest BCUT2D eigenvalue weighted by atomic mass is 9.79. The first kappa shape index (κ1) is 15.3. The number of rotatable bonds is 1. The molecule has 5 heteroatoms. The second kappa shape index (κ2) is 4.86. The Morgan fingerprint density at radius 2 is 1.92 bits per heavy atom. The number of thioether (sulfide) groups is 1. The summed E-state index contributed by atoms with van der Waals surface area (Å²) in [4.78, 5) is 13.8. The van der Waals surface area contributed by atoms with Crippen LogP contribution in [0.5, 0.6) is 0 Å². The van der Waals surface area contributed by atoms with Crippen molar-refractivity contribution in [1.29, 1.82) is 0 Å². The summed E-state index contributed by atoms with van der Waals surface area (Å²) in [5.41, 5.74) is 3.54. The van der Waals surface area contributed by atoms with Gasteiger partial charge in [-0.3, -0.25) is 10.1 Å². The zero-order valence-corrected chi connectivity index (χ0v) is 14.6. The molecule has 0 saturated heterocycles. The van der Waals surface area contributed by atoms with E-state index in [1.165, 1.54) is 11.3 Å². The van der Waals surface area contributed by atoms with E-state index in [0.29, 0.717) is 0 Å². The largest absolute Gasteiger partial charge is 0.355 e. The number of non-ortho nitro benzene ring substituents is 1. The topological polar surface area (TPSA) is 46.4 Å². The summed E-state index contributed by atoms with van der Waals surface area (Å²) in [5.74, 6) is 0. The van der Waals surface area contributed by atoms with Gasteiger partial charge in [0.1, 0.15) is 4.87 Å². The monoisotopic (exact) mass is 338 g/mol. The highest BCUT2D eigenvalue weighted by atomic mass is 32.2. The summed E-state index contributed by atoms with van der Waals surface area (Å²) < 4.78 is 0. The van der Waals surface area contributed by atoms with Gasteiger partial charge >= 0.3 is 0 Å². The Labute approximate surface area is 145 Å². The van der Waals surface area contributed by atoms with Crippen molar-refractivity contribution in [2.45, 2.75) is 29.0 Å². The first-order valence-corrected chi connectivity index (χ1v) is 8.68. The van der Waals surface area contributed by atoms with Gasteiger partial charge in [0.05, 0.1) is 4.92 Å². The van der Waals surface area contributed by atoms with Crippen LogP contribution in [0.2, 0.25) is 0 Å². The summed E-state index contributed by atoms with van der Waals surface area (Å²) in [5, 5.41) is 11.0. The molecule has 2 aromatic rings. The van der Waals surface area contributed by atoms with Gasteiger partial charge in [0.25, 0.3) is 5.69 Å². The molecule has 4 nitrogen and oxygen atoms in total. The van der Waals surface area contributed by atoms with E-state index < -0.39 is 0 Å². The molecule has 0 aromatic heterocycles. The van der Waals surface area contributed by atoms with Crippen LogP contribution in [0.4, 0.5) is 11.4 Å². The highest BCUT2D eigenvalue weighted by Gasteiger charge is 2.55. The molecule has 0 radical (unpaired) electrons. The zero-order chi connectivity index (χ0) is 17.1. The smallest absolute Gasteiger partial charge is 0.270 e. The second-order valence-electron chi connectivity index (χ2n) is 6.81. The number of hydrogen-bond donors (Lipinski definition) is 0. The van der Waals surface area contributed by atoms with Crippen LogP contribution in [0, 0.1) is 10.1 Å². The Hall–Kier alpha value is -2.27. The summed E-state index contributed by atoms with van der Waals surface area (Å²) >= 11 is 1.78. The Bertz CT molecular complexity index is 891. The van der Waals surface area contributed by atoms with E-state index in [1.807, 2.05) is 12.1 Å². The van der Waals surface area contributed by atoms with Gasteiger partial charge in [0.2, 0.25) is 0 Å². The van der Waals surface area contributed by atoms with Crippen LogP contribution in [-0.4, -0.2) is 16.8 Å². The minimum Gasteiger partial charge on any atom is -0.355 e. The van der Waals surface area contributed by atoms with E-state index in [1.54, 1.807) is 23.9 Å². The second-order valence-corrected chi connectivity index (χ2v) is 8.08. The number of para-hydroxylation sites is 1.